The standard InChI is InChI=1S/C20H21ClN4O2/c1-14(27-17-8-4-7-16(21)12-17)20(26)24-10-5-6-15(13-24)19-23-22-18-9-2-3-11-25(18)19/h2-4,7-9,11-12,14-15H,5-6,10,13H2,1H3. The van der Waals surface area contributed by atoms with Gasteiger partial charge in [-0.2, -0.15) is 0 Å². The fourth-order valence-corrected chi connectivity index (χ4v) is 3.76. The average Bonchev–Trinajstić information content (AvgIpc) is 3.11. The number of rotatable bonds is 4. The number of amides is 1. The Balaban J connectivity index is 1.46. The van der Waals surface area contributed by atoms with Crippen LogP contribution in [0.15, 0.2) is 48.7 Å². The summed E-state index contributed by atoms with van der Waals surface area (Å²) in [5, 5.41) is 9.19. The molecule has 1 amide bonds. The summed E-state index contributed by atoms with van der Waals surface area (Å²) in [4.78, 5) is 14.8. The predicted octanol–water partition coefficient (Wildman–Crippen LogP) is 3.56. The number of carbonyl (C=O) groups excluding carboxylic acids is 1. The van der Waals surface area contributed by atoms with E-state index in [1.165, 1.54) is 0 Å². The van der Waals surface area contributed by atoms with E-state index >= 15 is 0 Å². The number of likely N-dealkylation sites (tertiary alicyclic amines) is 1. The normalized spacial score (nSPS) is 18.4. The molecule has 0 saturated carbocycles. The summed E-state index contributed by atoms with van der Waals surface area (Å²) < 4.78 is 7.80. The lowest BCUT2D eigenvalue weighted by Crippen LogP contribution is -2.45. The maximum atomic E-state index is 12.9. The lowest BCUT2D eigenvalue weighted by Gasteiger charge is -2.33. The molecule has 2 aromatic heterocycles. The van der Waals surface area contributed by atoms with Crippen LogP contribution in [-0.2, 0) is 4.79 Å². The van der Waals surface area contributed by atoms with Crippen LogP contribution < -0.4 is 4.74 Å². The Morgan fingerprint density at radius 3 is 3.00 bits per heavy atom. The van der Waals surface area contributed by atoms with E-state index in [0.29, 0.717) is 17.3 Å². The van der Waals surface area contributed by atoms with Crippen molar-refractivity contribution in [2.24, 2.45) is 0 Å². The fourth-order valence-electron chi connectivity index (χ4n) is 3.58. The number of hydrogen-bond donors (Lipinski definition) is 0. The molecule has 0 aliphatic carbocycles. The Hall–Kier alpha value is -2.60. The van der Waals surface area contributed by atoms with Crippen molar-refractivity contribution in [3.8, 4) is 5.75 Å². The molecule has 4 rings (SSSR count). The zero-order valence-corrected chi connectivity index (χ0v) is 15.8. The topological polar surface area (TPSA) is 59.7 Å². The van der Waals surface area contributed by atoms with Gasteiger partial charge in [0, 0.05) is 30.2 Å². The number of pyridine rings is 1. The molecule has 27 heavy (non-hydrogen) atoms. The molecule has 0 bridgehead atoms. The molecule has 140 valence electrons. The Kier molecular flexibility index (Phi) is 4.99. The first-order chi connectivity index (χ1) is 13.1. The first-order valence-corrected chi connectivity index (χ1v) is 9.50. The highest BCUT2D eigenvalue weighted by atomic mass is 35.5. The van der Waals surface area contributed by atoms with Crippen molar-refractivity contribution in [3.05, 3.63) is 59.5 Å². The van der Waals surface area contributed by atoms with Gasteiger partial charge in [-0.15, -0.1) is 10.2 Å². The monoisotopic (exact) mass is 384 g/mol. The van der Waals surface area contributed by atoms with Crippen molar-refractivity contribution >= 4 is 23.2 Å². The SMILES string of the molecule is CC(Oc1cccc(Cl)c1)C(=O)N1CCCC(c2nnc3ccccn23)C1. The van der Waals surface area contributed by atoms with Crippen LogP contribution in [0.5, 0.6) is 5.75 Å². The van der Waals surface area contributed by atoms with Crippen LogP contribution in [0.25, 0.3) is 5.65 Å². The third-order valence-electron chi connectivity index (χ3n) is 4.90. The second kappa shape index (κ2) is 7.56. The van der Waals surface area contributed by atoms with Crippen LogP contribution in [0.4, 0.5) is 0 Å². The smallest absolute Gasteiger partial charge is 0.263 e. The van der Waals surface area contributed by atoms with Gasteiger partial charge in [0.1, 0.15) is 11.6 Å². The average molecular weight is 385 g/mol. The predicted molar refractivity (Wildman–Crippen MR) is 103 cm³/mol. The van der Waals surface area contributed by atoms with E-state index in [0.717, 1.165) is 30.9 Å². The number of carbonyl (C=O) groups is 1. The highest BCUT2D eigenvalue weighted by Gasteiger charge is 2.30. The minimum atomic E-state index is -0.572. The van der Waals surface area contributed by atoms with Crippen LogP contribution in [0.1, 0.15) is 31.5 Å². The summed E-state index contributed by atoms with van der Waals surface area (Å²) in [6.07, 6.45) is 3.32. The molecule has 3 heterocycles. The van der Waals surface area contributed by atoms with E-state index in [4.69, 9.17) is 16.3 Å². The van der Waals surface area contributed by atoms with Crippen LogP contribution in [0, 0.1) is 0 Å². The summed E-state index contributed by atoms with van der Waals surface area (Å²) in [6.45, 7) is 3.13. The van der Waals surface area contributed by atoms with Gasteiger partial charge < -0.3 is 9.64 Å². The van der Waals surface area contributed by atoms with Crippen molar-refractivity contribution in [2.75, 3.05) is 13.1 Å². The summed E-state index contributed by atoms with van der Waals surface area (Å²) in [5.74, 6) is 1.65. The van der Waals surface area contributed by atoms with E-state index in [2.05, 4.69) is 10.2 Å². The van der Waals surface area contributed by atoms with Crippen LogP contribution in [0.2, 0.25) is 5.02 Å². The summed E-state index contributed by atoms with van der Waals surface area (Å²) >= 11 is 5.99. The lowest BCUT2D eigenvalue weighted by atomic mass is 9.97. The molecule has 1 aliphatic heterocycles. The Bertz CT molecular complexity index is 958. The largest absolute Gasteiger partial charge is 0.481 e. The van der Waals surface area contributed by atoms with E-state index in [9.17, 15) is 4.79 Å². The van der Waals surface area contributed by atoms with E-state index in [-0.39, 0.29) is 11.8 Å². The lowest BCUT2D eigenvalue weighted by molar-refractivity contribution is -0.139. The van der Waals surface area contributed by atoms with Crippen LogP contribution in [0.3, 0.4) is 0 Å². The Morgan fingerprint density at radius 1 is 1.26 bits per heavy atom. The summed E-state index contributed by atoms with van der Waals surface area (Å²) in [5.41, 5.74) is 0.827. The molecule has 7 heteroatoms. The molecule has 2 atom stereocenters. The molecule has 1 saturated heterocycles. The molecule has 0 spiro atoms. The molecular weight excluding hydrogens is 364 g/mol. The molecule has 1 aliphatic rings. The number of nitrogens with zero attached hydrogens (tertiary/aromatic N) is 4. The third kappa shape index (κ3) is 3.76. The molecule has 0 radical (unpaired) electrons. The number of halogens is 1. The minimum Gasteiger partial charge on any atom is -0.481 e. The maximum Gasteiger partial charge on any atom is 0.263 e. The third-order valence-corrected chi connectivity index (χ3v) is 5.13. The number of hydrogen-bond acceptors (Lipinski definition) is 4. The zero-order chi connectivity index (χ0) is 18.8. The molecule has 0 N–H and O–H groups in total. The molecule has 1 fully saturated rings. The quantitative estimate of drug-likeness (QED) is 0.690. The summed E-state index contributed by atoms with van der Waals surface area (Å²) in [6, 6.07) is 12.9. The molecular formula is C20H21ClN4O2. The second-order valence-corrected chi connectivity index (χ2v) is 7.26. The van der Waals surface area contributed by atoms with Gasteiger partial charge in [-0.1, -0.05) is 23.7 Å². The van der Waals surface area contributed by atoms with E-state index in [1.807, 2.05) is 39.8 Å². The fraction of sp³-hybridized carbons (Fsp3) is 0.350. The van der Waals surface area contributed by atoms with Crippen LogP contribution in [-0.4, -0.2) is 44.6 Å². The van der Waals surface area contributed by atoms with Crippen LogP contribution >= 0.6 is 11.6 Å². The number of fused-ring (bicyclic) bond motifs is 1. The Labute approximate surface area is 162 Å². The van der Waals surface area contributed by atoms with Gasteiger partial charge in [-0.25, -0.2) is 0 Å². The van der Waals surface area contributed by atoms with Gasteiger partial charge in [-0.05, 0) is 50.1 Å². The molecule has 2 unspecified atom stereocenters. The van der Waals surface area contributed by atoms with Crippen molar-refractivity contribution < 1.29 is 9.53 Å². The van der Waals surface area contributed by atoms with Gasteiger partial charge in [0.25, 0.3) is 5.91 Å². The second-order valence-electron chi connectivity index (χ2n) is 6.83. The number of ether oxygens (including phenoxy) is 1. The van der Waals surface area contributed by atoms with Gasteiger partial charge in [0.05, 0.1) is 0 Å². The van der Waals surface area contributed by atoms with Gasteiger partial charge in [-0.3, -0.25) is 9.20 Å². The van der Waals surface area contributed by atoms with Gasteiger partial charge in [0.15, 0.2) is 11.8 Å². The Morgan fingerprint density at radius 2 is 2.15 bits per heavy atom. The first kappa shape index (κ1) is 17.8. The maximum absolute atomic E-state index is 12.9. The van der Waals surface area contributed by atoms with E-state index < -0.39 is 6.10 Å². The number of aromatic nitrogens is 3. The molecule has 3 aromatic rings. The number of benzene rings is 1. The molecule has 1 aromatic carbocycles. The van der Waals surface area contributed by atoms with Crippen molar-refractivity contribution in [2.45, 2.75) is 31.8 Å². The van der Waals surface area contributed by atoms with Crippen molar-refractivity contribution in [3.63, 3.8) is 0 Å². The first-order valence-electron chi connectivity index (χ1n) is 9.12. The summed E-state index contributed by atoms with van der Waals surface area (Å²) in [7, 11) is 0. The molecule has 6 nitrogen and oxygen atoms in total. The van der Waals surface area contributed by atoms with Gasteiger partial charge in [0.2, 0.25) is 0 Å². The number of piperidine rings is 1. The minimum absolute atomic E-state index is 0.0199. The van der Waals surface area contributed by atoms with Crippen molar-refractivity contribution in [1.82, 2.24) is 19.5 Å². The van der Waals surface area contributed by atoms with E-state index in [1.54, 1.807) is 25.1 Å². The highest BCUT2D eigenvalue weighted by Crippen LogP contribution is 2.27. The van der Waals surface area contributed by atoms with Gasteiger partial charge >= 0.3 is 0 Å². The highest BCUT2D eigenvalue weighted by molar-refractivity contribution is 6.30. The zero-order valence-electron chi connectivity index (χ0n) is 15.1. The van der Waals surface area contributed by atoms with Crippen molar-refractivity contribution in [1.29, 1.82) is 0 Å².